The number of rotatable bonds is 8. The number of benzene rings is 2. The normalized spacial score (nSPS) is 18.8. The van der Waals surface area contributed by atoms with Crippen molar-refractivity contribution in [1.82, 2.24) is 9.80 Å². The topological polar surface area (TPSA) is 118 Å². The third-order valence-corrected chi connectivity index (χ3v) is 6.58. The summed E-state index contributed by atoms with van der Waals surface area (Å²) in [6, 6.07) is 4.99. The summed E-state index contributed by atoms with van der Waals surface area (Å²) in [5.74, 6) is -1.37. The van der Waals surface area contributed by atoms with Crippen LogP contribution >= 0.6 is 0 Å². The molecule has 8 nitrogen and oxygen atoms in total. The zero-order valence-corrected chi connectivity index (χ0v) is 18.2. The van der Waals surface area contributed by atoms with Gasteiger partial charge in [0.1, 0.15) is 0 Å². The monoisotopic (exact) mass is 440 g/mol. The predicted octanol–water partition coefficient (Wildman–Crippen LogP) is 2.20. The maximum atomic E-state index is 13.3. The molecule has 0 saturated carbocycles. The predicted molar refractivity (Wildman–Crippen MR) is 117 cm³/mol. The minimum atomic E-state index is -1.42. The molecule has 0 spiro atoms. The molecular formula is C24H28N2O6. The van der Waals surface area contributed by atoms with Crippen LogP contribution in [0.2, 0.25) is 0 Å². The molecule has 0 aromatic heterocycles. The van der Waals surface area contributed by atoms with E-state index in [0.717, 1.165) is 30.6 Å². The number of aliphatic hydroxyl groups excluding tert-OH is 3. The van der Waals surface area contributed by atoms with Crippen LogP contribution in [-0.4, -0.2) is 68.1 Å². The van der Waals surface area contributed by atoms with Gasteiger partial charge >= 0.3 is 0 Å². The van der Waals surface area contributed by atoms with Gasteiger partial charge in [-0.3, -0.25) is 19.3 Å². The van der Waals surface area contributed by atoms with Gasteiger partial charge in [-0.05, 0) is 31.5 Å². The summed E-state index contributed by atoms with van der Waals surface area (Å²) >= 11 is 0. The minimum absolute atomic E-state index is 0.225. The van der Waals surface area contributed by atoms with Crippen LogP contribution in [0.3, 0.4) is 0 Å². The Kier molecular flexibility index (Phi) is 6.03. The fourth-order valence-corrected chi connectivity index (χ4v) is 4.84. The lowest BCUT2D eigenvalue weighted by atomic mass is 9.84. The van der Waals surface area contributed by atoms with E-state index in [2.05, 4.69) is 6.92 Å². The van der Waals surface area contributed by atoms with Gasteiger partial charge in [0.2, 0.25) is 0 Å². The summed E-state index contributed by atoms with van der Waals surface area (Å²) in [5.41, 5.74) is 1.24. The zero-order chi connectivity index (χ0) is 23.2. The molecule has 170 valence electrons. The first-order chi connectivity index (χ1) is 15.4. The van der Waals surface area contributed by atoms with Gasteiger partial charge in [0.25, 0.3) is 17.7 Å². The summed E-state index contributed by atoms with van der Waals surface area (Å²) in [5, 5.41) is 30.8. The molecule has 0 bridgehead atoms. The molecule has 2 heterocycles. The highest BCUT2D eigenvalue weighted by molar-refractivity contribution is 6.28. The SMILES string of the molecule is CCCCCC(C)N1C(=O)c2ccc3c4c(ccc(c24)C1=O)C(O)N(C(CO)CO)C3=O. The Morgan fingerprint density at radius 2 is 1.44 bits per heavy atom. The van der Waals surface area contributed by atoms with Crippen LogP contribution in [0.4, 0.5) is 0 Å². The largest absolute Gasteiger partial charge is 0.394 e. The lowest BCUT2D eigenvalue weighted by molar-refractivity contribution is -0.0394. The van der Waals surface area contributed by atoms with Crippen molar-refractivity contribution in [2.45, 2.75) is 57.8 Å². The van der Waals surface area contributed by atoms with E-state index in [-0.39, 0.29) is 11.6 Å². The van der Waals surface area contributed by atoms with Crippen molar-refractivity contribution >= 4 is 28.5 Å². The average Bonchev–Trinajstić information content (AvgIpc) is 2.79. The van der Waals surface area contributed by atoms with Crippen molar-refractivity contribution in [3.8, 4) is 0 Å². The average molecular weight is 440 g/mol. The maximum absolute atomic E-state index is 13.3. The van der Waals surface area contributed by atoms with E-state index < -0.39 is 43.2 Å². The Bertz CT molecular complexity index is 1070. The maximum Gasteiger partial charge on any atom is 0.261 e. The van der Waals surface area contributed by atoms with E-state index in [4.69, 9.17) is 0 Å². The van der Waals surface area contributed by atoms with Crippen molar-refractivity contribution in [3.05, 3.63) is 46.5 Å². The second kappa shape index (κ2) is 8.61. The van der Waals surface area contributed by atoms with Crippen LogP contribution in [0.1, 0.15) is 82.4 Å². The second-order valence-electron chi connectivity index (χ2n) is 8.54. The molecule has 0 fully saturated rings. The number of nitrogens with zero attached hydrogens (tertiary/aromatic N) is 2. The van der Waals surface area contributed by atoms with Crippen LogP contribution in [0.5, 0.6) is 0 Å². The first-order valence-corrected chi connectivity index (χ1v) is 11.1. The van der Waals surface area contributed by atoms with Crippen LogP contribution in [-0.2, 0) is 0 Å². The van der Waals surface area contributed by atoms with E-state index in [9.17, 15) is 29.7 Å². The van der Waals surface area contributed by atoms with Gasteiger partial charge in [-0.15, -0.1) is 0 Å². The molecule has 2 aromatic rings. The number of unbranched alkanes of at least 4 members (excludes halogenated alkanes) is 2. The van der Waals surface area contributed by atoms with Gasteiger partial charge in [-0.2, -0.15) is 0 Å². The molecule has 32 heavy (non-hydrogen) atoms. The molecule has 4 rings (SSSR count). The summed E-state index contributed by atoms with van der Waals surface area (Å²) in [7, 11) is 0. The van der Waals surface area contributed by atoms with E-state index in [1.54, 1.807) is 18.2 Å². The highest BCUT2D eigenvalue weighted by Gasteiger charge is 2.42. The number of hydrogen-bond donors (Lipinski definition) is 3. The minimum Gasteiger partial charge on any atom is -0.394 e. The van der Waals surface area contributed by atoms with Crippen molar-refractivity contribution in [2.75, 3.05) is 13.2 Å². The van der Waals surface area contributed by atoms with Gasteiger partial charge in [0, 0.05) is 39.1 Å². The third kappa shape index (κ3) is 3.21. The Hall–Kier alpha value is -2.81. The van der Waals surface area contributed by atoms with Crippen molar-refractivity contribution in [3.63, 3.8) is 0 Å². The summed E-state index contributed by atoms with van der Waals surface area (Å²) in [6.07, 6.45) is 2.29. The van der Waals surface area contributed by atoms with Gasteiger partial charge in [0.05, 0.1) is 19.3 Å². The van der Waals surface area contributed by atoms with Gasteiger partial charge in [-0.1, -0.05) is 32.3 Å². The second-order valence-corrected chi connectivity index (χ2v) is 8.54. The van der Waals surface area contributed by atoms with Gasteiger partial charge in [0.15, 0.2) is 6.23 Å². The van der Waals surface area contributed by atoms with Crippen LogP contribution in [0.15, 0.2) is 24.3 Å². The van der Waals surface area contributed by atoms with Crippen molar-refractivity contribution in [1.29, 1.82) is 0 Å². The quantitative estimate of drug-likeness (QED) is 0.428. The molecule has 3 N–H and O–H groups in total. The molecule has 0 aliphatic carbocycles. The number of imide groups is 1. The number of carbonyl (C=O) groups excluding carboxylic acids is 3. The van der Waals surface area contributed by atoms with E-state index in [1.165, 1.54) is 11.0 Å². The zero-order valence-electron chi connectivity index (χ0n) is 18.2. The Morgan fingerprint density at radius 1 is 0.875 bits per heavy atom. The van der Waals surface area contributed by atoms with E-state index in [0.29, 0.717) is 27.5 Å². The number of hydrogen-bond acceptors (Lipinski definition) is 6. The first-order valence-electron chi connectivity index (χ1n) is 11.1. The smallest absolute Gasteiger partial charge is 0.261 e. The standard InChI is InChI=1S/C24H28N2O6/c1-3-4-5-6-13(2)25-21(29)15-7-9-17-20-18(10-8-16(19(15)20)22(25)30)24(32)26(23(17)31)14(11-27)12-28/h7-10,13-14,23,27-28,31H,3-6,11-12H2,1-2H3. The van der Waals surface area contributed by atoms with Crippen LogP contribution in [0, 0.1) is 0 Å². The summed E-state index contributed by atoms with van der Waals surface area (Å²) in [6.45, 7) is 2.93. The lowest BCUT2D eigenvalue weighted by Gasteiger charge is -2.39. The first kappa shape index (κ1) is 22.4. The fraction of sp³-hybridized carbons (Fsp3) is 0.458. The van der Waals surface area contributed by atoms with Crippen LogP contribution in [0.25, 0.3) is 10.8 Å². The lowest BCUT2D eigenvalue weighted by Crippen LogP contribution is -2.49. The van der Waals surface area contributed by atoms with Gasteiger partial charge in [-0.25, -0.2) is 0 Å². The van der Waals surface area contributed by atoms with Gasteiger partial charge < -0.3 is 20.2 Å². The number of carbonyl (C=O) groups is 3. The highest BCUT2D eigenvalue weighted by Crippen LogP contribution is 2.42. The Labute approximate surface area is 186 Å². The fourth-order valence-electron chi connectivity index (χ4n) is 4.84. The molecule has 2 aromatic carbocycles. The molecule has 8 heteroatoms. The van der Waals surface area contributed by atoms with E-state index >= 15 is 0 Å². The molecule has 2 atom stereocenters. The number of aliphatic hydroxyl groups is 3. The molecule has 0 radical (unpaired) electrons. The summed E-state index contributed by atoms with van der Waals surface area (Å²) in [4.78, 5) is 42.1. The number of amides is 3. The van der Waals surface area contributed by atoms with E-state index in [1.807, 2.05) is 6.92 Å². The molecule has 2 aliphatic heterocycles. The Balaban J connectivity index is 1.83. The van der Waals surface area contributed by atoms with Crippen molar-refractivity contribution in [2.24, 2.45) is 0 Å². The third-order valence-electron chi connectivity index (χ3n) is 6.58. The Morgan fingerprint density at radius 3 is 2.00 bits per heavy atom. The molecule has 2 aliphatic rings. The molecule has 0 saturated heterocycles. The molecular weight excluding hydrogens is 412 g/mol. The van der Waals surface area contributed by atoms with Crippen molar-refractivity contribution < 1.29 is 29.7 Å². The summed E-state index contributed by atoms with van der Waals surface area (Å²) < 4.78 is 0. The highest BCUT2D eigenvalue weighted by atomic mass is 16.3. The van der Waals surface area contributed by atoms with Crippen LogP contribution < -0.4 is 0 Å². The molecule has 3 amide bonds. The molecule has 2 unspecified atom stereocenters.